The minimum Gasteiger partial charge on any atom is -0.497 e. The van der Waals surface area contributed by atoms with E-state index in [-0.39, 0.29) is 0 Å². The summed E-state index contributed by atoms with van der Waals surface area (Å²) in [6.45, 7) is 2.67. The van der Waals surface area contributed by atoms with Crippen molar-refractivity contribution in [3.8, 4) is 5.75 Å². The van der Waals surface area contributed by atoms with Crippen molar-refractivity contribution in [2.24, 2.45) is 0 Å². The first-order valence-corrected chi connectivity index (χ1v) is 9.91. The molecule has 0 saturated heterocycles. The molecule has 4 rings (SSSR count). The van der Waals surface area contributed by atoms with Crippen molar-refractivity contribution in [3.63, 3.8) is 0 Å². The Kier molecular flexibility index (Phi) is 4.47. The van der Waals surface area contributed by atoms with Crippen molar-refractivity contribution in [2.75, 3.05) is 12.9 Å². The molecule has 0 spiro atoms. The van der Waals surface area contributed by atoms with Crippen LogP contribution in [-0.4, -0.2) is 26.6 Å². The second-order valence-electron chi connectivity index (χ2n) is 6.12. The van der Waals surface area contributed by atoms with Gasteiger partial charge in [0.2, 0.25) is 0 Å². The smallest absolute Gasteiger partial charge is 0.119 e. The highest BCUT2D eigenvalue weighted by molar-refractivity contribution is 7.85. The Labute approximate surface area is 154 Å². The lowest BCUT2D eigenvalue weighted by atomic mass is 10.2. The number of benzene rings is 2. The molecule has 1 unspecified atom stereocenters. The zero-order chi connectivity index (χ0) is 18.1. The first-order chi connectivity index (χ1) is 12.7. The molecule has 4 nitrogen and oxygen atoms in total. The highest BCUT2D eigenvalue weighted by Crippen LogP contribution is 2.31. The average Bonchev–Trinajstić information content (AvgIpc) is 3.01. The molecule has 2 aromatic heterocycles. The van der Waals surface area contributed by atoms with Gasteiger partial charge in [-0.3, -0.25) is 9.19 Å². The summed E-state index contributed by atoms with van der Waals surface area (Å²) in [4.78, 5) is 5.46. The van der Waals surface area contributed by atoms with Gasteiger partial charge in [-0.25, -0.2) is 0 Å². The molecule has 2 heterocycles. The summed E-state index contributed by atoms with van der Waals surface area (Å²) in [7, 11) is 0.760. The fourth-order valence-electron chi connectivity index (χ4n) is 3.29. The van der Waals surface area contributed by atoms with Gasteiger partial charge < -0.3 is 9.30 Å². The topological polar surface area (TPSA) is 44.1 Å². The first-order valence-electron chi connectivity index (χ1n) is 8.59. The molecule has 0 N–H and O–H groups in total. The number of aromatic nitrogens is 2. The predicted octanol–water partition coefficient (Wildman–Crippen LogP) is 4.37. The molecule has 0 fully saturated rings. The van der Waals surface area contributed by atoms with Gasteiger partial charge in [0.05, 0.1) is 34.5 Å². The molecule has 0 bridgehead atoms. The molecule has 1 atom stereocenters. The van der Waals surface area contributed by atoms with Crippen LogP contribution in [0.1, 0.15) is 12.5 Å². The third-order valence-electron chi connectivity index (χ3n) is 4.62. The Bertz CT molecular complexity index is 1100. The van der Waals surface area contributed by atoms with Gasteiger partial charge in [-0.1, -0.05) is 19.1 Å². The molecule has 0 saturated carbocycles. The molecule has 2 aromatic carbocycles. The lowest BCUT2D eigenvalue weighted by Gasteiger charge is -2.09. The van der Waals surface area contributed by atoms with Crippen LogP contribution in [0.4, 0.5) is 0 Å². The fourth-order valence-corrected chi connectivity index (χ4v) is 4.06. The summed E-state index contributed by atoms with van der Waals surface area (Å²) in [5, 5.41) is 1.09. The molecule has 0 aliphatic heterocycles. The van der Waals surface area contributed by atoms with E-state index < -0.39 is 10.8 Å². The van der Waals surface area contributed by atoms with Crippen LogP contribution >= 0.6 is 0 Å². The Morgan fingerprint density at radius 2 is 1.88 bits per heavy atom. The van der Waals surface area contributed by atoms with E-state index in [0.29, 0.717) is 5.75 Å². The maximum absolute atomic E-state index is 11.9. The van der Waals surface area contributed by atoms with Crippen LogP contribution in [0.15, 0.2) is 65.7 Å². The van der Waals surface area contributed by atoms with Crippen LogP contribution in [0.3, 0.4) is 0 Å². The normalized spacial score (nSPS) is 12.5. The standard InChI is InChI=1S/C21H20N2O2S/c1-3-26(24)17-9-6-15(7-10-17)14-23-19-11-8-16(25-2)13-18(19)21-20(23)5-4-12-22-21/h4-13H,3,14H2,1-2H3. The third-order valence-corrected chi connectivity index (χ3v) is 5.94. The van der Waals surface area contributed by atoms with Gasteiger partial charge in [-0.15, -0.1) is 0 Å². The number of ether oxygens (including phenoxy) is 1. The first kappa shape index (κ1) is 16.8. The zero-order valence-electron chi connectivity index (χ0n) is 14.8. The minimum atomic E-state index is -0.916. The lowest BCUT2D eigenvalue weighted by molar-refractivity contribution is 0.415. The van der Waals surface area contributed by atoms with Gasteiger partial charge in [0.15, 0.2) is 0 Å². The predicted molar refractivity (Wildman–Crippen MR) is 106 cm³/mol. The molecule has 0 radical (unpaired) electrons. The van der Waals surface area contributed by atoms with Gasteiger partial charge in [-0.05, 0) is 48.0 Å². The summed E-state index contributed by atoms with van der Waals surface area (Å²) >= 11 is 0. The highest BCUT2D eigenvalue weighted by Gasteiger charge is 2.13. The van der Waals surface area contributed by atoms with E-state index >= 15 is 0 Å². The van der Waals surface area contributed by atoms with E-state index in [1.165, 1.54) is 5.56 Å². The van der Waals surface area contributed by atoms with E-state index in [1.807, 2.05) is 43.5 Å². The van der Waals surface area contributed by atoms with Gasteiger partial charge >= 0.3 is 0 Å². The van der Waals surface area contributed by atoms with Crippen molar-refractivity contribution < 1.29 is 8.95 Å². The molecule has 4 aromatic rings. The van der Waals surface area contributed by atoms with Gasteiger partial charge in [0.25, 0.3) is 0 Å². The molecule has 26 heavy (non-hydrogen) atoms. The van der Waals surface area contributed by atoms with Crippen LogP contribution in [0.5, 0.6) is 5.75 Å². The largest absolute Gasteiger partial charge is 0.497 e. The van der Waals surface area contributed by atoms with E-state index in [0.717, 1.165) is 39.1 Å². The average molecular weight is 364 g/mol. The maximum atomic E-state index is 11.9. The summed E-state index contributed by atoms with van der Waals surface area (Å²) in [5.41, 5.74) is 4.36. The molecular weight excluding hydrogens is 344 g/mol. The Morgan fingerprint density at radius 1 is 1.08 bits per heavy atom. The van der Waals surface area contributed by atoms with Gasteiger partial charge in [0, 0.05) is 28.8 Å². The monoisotopic (exact) mass is 364 g/mol. The summed E-state index contributed by atoms with van der Waals surface area (Å²) in [5.74, 6) is 1.47. The van der Waals surface area contributed by atoms with Crippen molar-refractivity contribution in [2.45, 2.75) is 18.4 Å². The SMILES string of the molecule is CCS(=O)c1ccc(Cn2c3ccc(OC)cc3c3ncccc32)cc1. The van der Waals surface area contributed by atoms with E-state index in [4.69, 9.17) is 4.74 Å². The zero-order valence-corrected chi connectivity index (χ0v) is 15.6. The summed E-state index contributed by atoms with van der Waals surface area (Å²) in [6.07, 6.45) is 1.82. The number of nitrogens with zero attached hydrogens (tertiary/aromatic N) is 2. The lowest BCUT2D eigenvalue weighted by Crippen LogP contribution is -2.00. The number of pyridine rings is 1. The molecule has 0 aliphatic carbocycles. The Balaban J connectivity index is 1.81. The molecule has 5 heteroatoms. The number of methoxy groups -OCH3 is 1. The van der Waals surface area contributed by atoms with E-state index in [2.05, 4.69) is 33.8 Å². The number of hydrogen-bond acceptors (Lipinski definition) is 3. The van der Waals surface area contributed by atoms with Crippen molar-refractivity contribution in [1.29, 1.82) is 0 Å². The fraction of sp³-hybridized carbons (Fsp3) is 0.190. The van der Waals surface area contributed by atoms with Crippen LogP contribution in [0, 0.1) is 0 Å². The molecule has 0 amide bonds. The van der Waals surface area contributed by atoms with E-state index in [1.54, 1.807) is 7.11 Å². The minimum absolute atomic E-state index is 0.639. The highest BCUT2D eigenvalue weighted by atomic mass is 32.2. The van der Waals surface area contributed by atoms with Crippen LogP contribution in [0.25, 0.3) is 21.9 Å². The van der Waals surface area contributed by atoms with Crippen LogP contribution in [0.2, 0.25) is 0 Å². The quantitative estimate of drug-likeness (QED) is 0.528. The maximum Gasteiger partial charge on any atom is 0.119 e. The van der Waals surface area contributed by atoms with E-state index in [9.17, 15) is 4.21 Å². The molecular formula is C21H20N2O2S. The van der Waals surface area contributed by atoms with Gasteiger partial charge in [-0.2, -0.15) is 0 Å². The van der Waals surface area contributed by atoms with Gasteiger partial charge in [0.1, 0.15) is 5.75 Å². The number of rotatable bonds is 5. The third kappa shape index (κ3) is 2.88. The number of hydrogen-bond donors (Lipinski definition) is 0. The van der Waals surface area contributed by atoms with Crippen LogP contribution in [-0.2, 0) is 17.3 Å². The van der Waals surface area contributed by atoms with Crippen molar-refractivity contribution in [1.82, 2.24) is 9.55 Å². The molecule has 132 valence electrons. The molecule has 0 aliphatic rings. The van der Waals surface area contributed by atoms with Crippen LogP contribution < -0.4 is 4.74 Å². The number of fused-ring (bicyclic) bond motifs is 3. The summed E-state index contributed by atoms with van der Waals surface area (Å²) in [6, 6.07) is 18.2. The van der Waals surface area contributed by atoms with Crippen molar-refractivity contribution in [3.05, 3.63) is 66.4 Å². The Hall–Kier alpha value is -2.66. The summed E-state index contributed by atoms with van der Waals surface area (Å²) < 4.78 is 19.6. The Morgan fingerprint density at radius 3 is 2.62 bits per heavy atom. The van der Waals surface area contributed by atoms with Crippen molar-refractivity contribution >= 4 is 32.7 Å². The second kappa shape index (κ2) is 6.92. The second-order valence-corrected chi connectivity index (χ2v) is 7.86.